The van der Waals surface area contributed by atoms with Crippen molar-refractivity contribution in [3.05, 3.63) is 76.6 Å². The molecule has 0 bridgehead atoms. The van der Waals surface area contributed by atoms with Crippen molar-refractivity contribution in [1.29, 1.82) is 0 Å². The van der Waals surface area contributed by atoms with Crippen LogP contribution in [0.3, 0.4) is 0 Å². The van der Waals surface area contributed by atoms with Crippen molar-refractivity contribution < 1.29 is 9.18 Å². The molecule has 1 amide bonds. The smallest absolute Gasteiger partial charge is 0.291 e. The summed E-state index contributed by atoms with van der Waals surface area (Å²) in [6.45, 7) is 3.60. The number of halogens is 2. The Morgan fingerprint density at radius 3 is 2.44 bits per heavy atom. The summed E-state index contributed by atoms with van der Waals surface area (Å²) >= 11 is 5.87. The van der Waals surface area contributed by atoms with Gasteiger partial charge < -0.3 is 5.32 Å². The second-order valence-electron chi connectivity index (χ2n) is 5.62. The minimum absolute atomic E-state index is 0.0580. The van der Waals surface area contributed by atoms with Gasteiger partial charge >= 0.3 is 0 Å². The first-order chi connectivity index (χ1) is 11.9. The third-order valence-corrected chi connectivity index (χ3v) is 4.01. The predicted molar refractivity (Wildman–Crippen MR) is 93.4 cm³/mol. The van der Waals surface area contributed by atoms with Gasteiger partial charge in [0.15, 0.2) is 0 Å². The van der Waals surface area contributed by atoms with Crippen molar-refractivity contribution in [2.75, 3.05) is 0 Å². The van der Waals surface area contributed by atoms with Crippen molar-refractivity contribution in [3.63, 3.8) is 0 Å². The largest absolute Gasteiger partial charge is 0.343 e. The van der Waals surface area contributed by atoms with Gasteiger partial charge in [-0.1, -0.05) is 23.7 Å². The lowest BCUT2D eigenvalue weighted by Gasteiger charge is -2.13. The summed E-state index contributed by atoms with van der Waals surface area (Å²) in [6.07, 6.45) is 0. The Kier molecular flexibility index (Phi) is 4.81. The lowest BCUT2D eigenvalue weighted by atomic mass is 10.1. The number of nitrogens with zero attached hydrogens (tertiary/aromatic N) is 3. The first kappa shape index (κ1) is 17.1. The fourth-order valence-electron chi connectivity index (χ4n) is 2.41. The molecule has 0 aliphatic carbocycles. The number of aromatic nitrogens is 3. The van der Waals surface area contributed by atoms with E-state index in [0.717, 1.165) is 5.56 Å². The zero-order valence-corrected chi connectivity index (χ0v) is 14.5. The molecule has 0 saturated heterocycles. The van der Waals surface area contributed by atoms with Crippen molar-refractivity contribution in [3.8, 4) is 5.69 Å². The molecule has 3 rings (SSSR count). The maximum atomic E-state index is 13.0. The standard InChI is InChI=1S/C18H16ClFN4O/c1-11(13-3-5-14(19)6-4-13)21-18(25)17-22-12(2)24(23-17)16-9-7-15(20)8-10-16/h3-11H,1-2H3,(H,21,25). The molecule has 0 aliphatic rings. The fourth-order valence-corrected chi connectivity index (χ4v) is 2.54. The molecular formula is C18H16ClFN4O. The summed E-state index contributed by atoms with van der Waals surface area (Å²) in [5.41, 5.74) is 1.56. The quantitative estimate of drug-likeness (QED) is 0.770. The Morgan fingerprint density at radius 1 is 1.16 bits per heavy atom. The van der Waals surface area contributed by atoms with Crippen LogP contribution in [0.25, 0.3) is 5.69 Å². The van der Waals surface area contributed by atoms with Gasteiger partial charge in [0.1, 0.15) is 11.6 Å². The SMILES string of the molecule is Cc1nc(C(=O)NC(C)c2ccc(Cl)cc2)nn1-c1ccc(F)cc1. The van der Waals surface area contributed by atoms with Crippen molar-refractivity contribution in [2.45, 2.75) is 19.9 Å². The lowest BCUT2D eigenvalue weighted by Crippen LogP contribution is -2.27. The van der Waals surface area contributed by atoms with Crippen LogP contribution < -0.4 is 5.32 Å². The van der Waals surface area contributed by atoms with Gasteiger partial charge in [-0.25, -0.2) is 14.1 Å². The average molecular weight is 359 g/mol. The van der Waals surface area contributed by atoms with Gasteiger partial charge in [0.25, 0.3) is 5.91 Å². The molecule has 25 heavy (non-hydrogen) atoms. The summed E-state index contributed by atoms with van der Waals surface area (Å²) in [7, 11) is 0. The summed E-state index contributed by atoms with van der Waals surface area (Å²) < 4.78 is 14.5. The van der Waals surface area contributed by atoms with E-state index in [9.17, 15) is 9.18 Å². The zero-order chi connectivity index (χ0) is 18.0. The van der Waals surface area contributed by atoms with Gasteiger partial charge in [0, 0.05) is 5.02 Å². The Bertz CT molecular complexity index is 890. The van der Waals surface area contributed by atoms with Crippen LogP contribution in [0.1, 0.15) is 35.0 Å². The molecule has 0 spiro atoms. The Balaban J connectivity index is 1.77. The van der Waals surface area contributed by atoms with E-state index in [1.165, 1.54) is 16.8 Å². The summed E-state index contributed by atoms with van der Waals surface area (Å²) in [6, 6.07) is 12.8. The van der Waals surface area contributed by atoms with Gasteiger partial charge in [-0.15, -0.1) is 5.10 Å². The number of hydrogen-bond acceptors (Lipinski definition) is 3. The number of aryl methyl sites for hydroxylation is 1. The van der Waals surface area contributed by atoms with Crippen LogP contribution in [-0.2, 0) is 0 Å². The van der Waals surface area contributed by atoms with Gasteiger partial charge in [0.2, 0.25) is 5.82 Å². The highest BCUT2D eigenvalue weighted by molar-refractivity contribution is 6.30. The molecule has 1 N–H and O–H groups in total. The van der Waals surface area contributed by atoms with Crippen molar-refractivity contribution in [2.24, 2.45) is 0 Å². The van der Waals surface area contributed by atoms with Gasteiger partial charge in [0.05, 0.1) is 11.7 Å². The maximum absolute atomic E-state index is 13.0. The molecule has 128 valence electrons. The Morgan fingerprint density at radius 2 is 1.80 bits per heavy atom. The average Bonchev–Trinajstić information content (AvgIpc) is 2.98. The molecule has 5 nitrogen and oxygen atoms in total. The van der Waals surface area contributed by atoms with Crippen LogP contribution >= 0.6 is 11.6 Å². The van der Waals surface area contributed by atoms with Crippen LogP contribution in [-0.4, -0.2) is 20.7 Å². The third kappa shape index (κ3) is 3.85. The summed E-state index contributed by atoms with van der Waals surface area (Å²) in [5, 5.41) is 7.71. The van der Waals surface area contributed by atoms with Crippen LogP contribution in [0, 0.1) is 12.7 Å². The lowest BCUT2D eigenvalue weighted by molar-refractivity contribution is 0.0929. The molecular weight excluding hydrogens is 343 g/mol. The molecule has 1 atom stereocenters. The van der Waals surface area contributed by atoms with Crippen LogP contribution in [0.2, 0.25) is 5.02 Å². The first-order valence-electron chi connectivity index (χ1n) is 7.70. The minimum atomic E-state index is -0.383. The molecule has 0 fully saturated rings. The number of nitrogens with one attached hydrogen (secondary N) is 1. The second-order valence-corrected chi connectivity index (χ2v) is 6.05. The zero-order valence-electron chi connectivity index (χ0n) is 13.7. The number of carbonyl (C=O) groups excluding carboxylic acids is 1. The van der Waals surface area contributed by atoms with E-state index in [1.807, 2.05) is 19.1 Å². The van der Waals surface area contributed by atoms with E-state index in [-0.39, 0.29) is 23.6 Å². The molecule has 0 saturated carbocycles. The number of benzene rings is 2. The monoisotopic (exact) mass is 358 g/mol. The fraction of sp³-hybridized carbons (Fsp3) is 0.167. The van der Waals surface area contributed by atoms with E-state index >= 15 is 0 Å². The summed E-state index contributed by atoms with van der Waals surface area (Å²) in [5.74, 6) is -0.124. The van der Waals surface area contributed by atoms with Crippen LogP contribution in [0.15, 0.2) is 48.5 Å². The Labute approximate surface area is 149 Å². The topological polar surface area (TPSA) is 59.8 Å². The van der Waals surface area contributed by atoms with Gasteiger partial charge in [-0.05, 0) is 55.8 Å². The molecule has 1 unspecified atom stereocenters. The van der Waals surface area contributed by atoms with Gasteiger partial charge in [-0.2, -0.15) is 0 Å². The number of carbonyl (C=O) groups is 1. The molecule has 1 heterocycles. The highest BCUT2D eigenvalue weighted by atomic mass is 35.5. The molecule has 7 heteroatoms. The van der Waals surface area contributed by atoms with E-state index in [1.54, 1.807) is 31.2 Å². The first-order valence-corrected chi connectivity index (χ1v) is 8.08. The minimum Gasteiger partial charge on any atom is -0.343 e. The third-order valence-electron chi connectivity index (χ3n) is 3.76. The molecule has 2 aromatic carbocycles. The highest BCUT2D eigenvalue weighted by Crippen LogP contribution is 2.17. The van der Waals surface area contributed by atoms with Gasteiger partial charge in [-0.3, -0.25) is 4.79 Å². The number of rotatable bonds is 4. The maximum Gasteiger partial charge on any atom is 0.291 e. The van der Waals surface area contributed by atoms with Crippen molar-refractivity contribution in [1.82, 2.24) is 20.1 Å². The van der Waals surface area contributed by atoms with Crippen molar-refractivity contribution >= 4 is 17.5 Å². The van der Waals surface area contributed by atoms with Crippen LogP contribution in [0.4, 0.5) is 4.39 Å². The van der Waals surface area contributed by atoms with E-state index in [2.05, 4.69) is 15.4 Å². The summed E-state index contributed by atoms with van der Waals surface area (Å²) in [4.78, 5) is 16.6. The van der Waals surface area contributed by atoms with E-state index < -0.39 is 0 Å². The normalized spacial score (nSPS) is 12.0. The second kappa shape index (κ2) is 7.03. The Hall–Kier alpha value is -2.73. The molecule has 0 radical (unpaired) electrons. The van der Waals surface area contributed by atoms with E-state index in [0.29, 0.717) is 16.5 Å². The highest BCUT2D eigenvalue weighted by Gasteiger charge is 2.18. The molecule has 0 aliphatic heterocycles. The van der Waals surface area contributed by atoms with Crippen LogP contribution in [0.5, 0.6) is 0 Å². The van der Waals surface area contributed by atoms with E-state index in [4.69, 9.17) is 11.6 Å². The number of hydrogen-bond donors (Lipinski definition) is 1. The number of amides is 1. The predicted octanol–water partition coefficient (Wildman–Crippen LogP) is 3.86. The molecule has 3 aromatic rings. The molecule has 1 aromatic heterocycles.